The van der Waals surface area contributed by atoms with Crippen molar-refractivity contribution in [2.75, 3.05) is 5.73 Å². The second-order valence-corrected chi connectivity index (χ2v) is 6.20. The van der Waals surface area contributed by atoms with Crippen molar-refractivity contribution >= 4 is 17.0 Å². The maximum Gasteiger partial charge on any atom is 0.107 e. The average molecular weight is 273 g/mol. The molecule has 2 aromatic rings. The van der Waals surface area contributed by atoms with Gasteiger partial charge in [0.25, 0.3) is 0 Å². The Labute approximate surface area is 118 Å². The number of nitrogens with zero attached hydrogens (tertiary/aromatic N) is 2. The third kappa shape index (κ3) is 3.33. The summed E-state index contributed by atoms with van der Waals surface area (Å²) >= 11 is 1.76. The van der Waals surface area contributed by atoms with Crippen molar-refractivity contribution in [2.45, 2.75) is 38.9 Å². The van der Waals surface area contributed by atoms with Crippen molar-refractivity contribution in [3.05, 3.63) is 45.9 Å². The molecule has 1 aliphatic carbocycles. The summed E-state index contributed by atoms with van der Waals surface area (Å²) in [5.41, 5.74) is 9.02. The van der Waals surface area contributed by atoms with E-state index in [1.807, 2.05) is 12.1 Å². The van der Waals surface area contributed by atoms with Gasteiger partial charge in [0.2, 0.25) is 0 Å². The van der Waals surface area contributed by atoms with E-state index in [2.05, 4.69) is 34.3 Å². The molecule has 1 aromatic heterocycles. The fourth-order valence-electron chi connectivity index (χ4n) is 2.26. The predicted octanol–water partition coefficient (Wildman–Crippen LogP) is 3.20. The second kappa shape index (κ2) is 5.31. The molecule has 0 saturated heterocycles. The van der Waals surface area contributed by atoms with Crippen LogP contribution in [0.25, 0.3) is 0 Å². The van der Waals surface area contributed by atoms with E-state index >= 15 is 0 Å². The molecule has 0 aliphatic heterocycles. The molecule has 1 fully saturated rings. The highest BCUT2D eigenvalue weighted by Crippen LogP contribution is 2.30. The third-order valence-corrected chi connectivity index (χ3v) is 4.39. The first-order chi connectivity index (χ1) is 9.20. The number of anilines is 1. The zero-order valence-electron chi connectivity index (χ0n) is 11.2. The summed E-state index contributed by atoms with van der Waals surface area (Å²) in [5.74, 6) is 0. The molecule has 19 heavy (non-hydrogen) atoms. The molecule has 0 spiro atoms. The monoisotopic (exact) mass is 273 g/mol. The van der Waals surface area contributed by atoms with Crippen LogP contribution in [0.5, 0.6) is 0 Å². The van der Waals surface area contributed by atoms with Crippen LogP contribution in [0.3, 0.4) is 0 Å². The van der Waals surface area contributed by atoms with Crippen molar-refractivity contribution in [1.82, 2.24) is 9.88 Å². The quantitative estimate of drug-likeness (QED) is 0.851. The van der Waals surface area contributed by atoms with Crippen LogP contribution in [0, 0.1) is 6.92 Å². The van der Waals surface area contributed by atoms with Crippen LogP contribution in [0.15, 0.2) is 29.6 Å². The number of rotatable bonds is 5. The molecule has 0 bridgehead atoms. The summed E-state index contributed by atoms with van der Waals surface area (Å²) in [6.07, 6.45) is 2.64. The smallest absolute Gasteiger partial charge is 0.107 e. The van der Waals surface area contributed by atoms with E-state index in [-0.39, 0.29) is 0 Å². The van der Waals surface area contributed by atoms with Crippen molar-refractivity contribution in [3.63, 3.8) is 0 Å². The van der Waals surface area contributed by atoms with Gasteiger partial charge in [-0.2, -0.15) is 0 Å². The van der Waals surface area contributed by atoms with Crippen molar-refractivity contribution < 1.29 is 0 Å². The van der Waals surface area contributed by atoms with E-state index in [0.29, 0.717) is 0 Å². The molecule has 2 N–H and O–H groups in total. The molecular formula is C15H19N3S. The Morgan fingerprint density at radius 3 is 2.58 bits per heavy atom. The summed E-state index contributed by atoms with van der Waals surface area (Å²) in [4.78, 5) is 7.10. The SMILES string of the molecule is Cc1csc(CN(Cc2ccc(N)cc2)C2CC2)n1. The maximum atomic E-state index is 5.73. The molecule has 4 heteroatoms. The van der Waals surface area contributed by atoms with Crippen molar-refractivity contribution in [3.8, 4) is 0 Å². The normalized spacial score (nSPS) is 15.1. The van der Waals surface area contributed by atoms with E-state index in [4.69, 9.17) is 5.73 Å². The molecule has 1 aliphatic rings. The number of thiazole rings is 1. The Bertz CT molecular complexity index is 543. The number of hydrogen-bond donors (Lipinski definition) is 1. The van der Waals surface area contributed by atoms with Gasteiger partial charge in [-0.3, -0.25) is 4.90 Å². The lowest BCUT2D eigenvalue weighted by molar-refractivity contribution is 0.245. The first-order valence-corrected chi connectivity index (χ1v) is 7.58. The second-order valence-electron chi connectivity index (χ2n) is 5.26. The Kier molecular flexibility index (Phi) is 3.53. The lowest BCUT2D eigenvalue weighted by atomic mass is 10.2. The van der Waals surface area contributed by atoms with Crippen LogP contribution >= 0.6 is 11.3 Å². The highest BCUT2D eigenvalue weighted by atomic mass is 32.1. The minimum Gasteiger partial charge on any atom is -0.399 e. The molecule has 0 radical (unpaired) electrons. The first-order valence-electron chi connectivity index (χ1n) is 6.70. The van der Waals surface area contributed by atoms with Gasteiger partial charge >= 0.3 is 0 Å². The van der Waals surface area contributed by atoms with Gasteiger partial charge in [-0.1, -0.05) is 12.1 Å². The Hall–Kier alpha value is -1.39. The molecule has 0 unspecified atom stereocenters. The first kappa shape index (κ1) is 12.6. The summed E-state index contributed by atoms with van der Waals surface area (Å²) in [7, 11) is 0. The summed E-state index contributed by atoms with van der Waals surface area (Å²) in [6, 6.07) is 8.94. The van der Waals surface area contributed by atoms with Gasteiger partial charge in [0.05, 0.1) is 6.54 Å². The van der Waals surface area contributed by atoms with Crippen molar-refractivity contribution in [1.29, 1.82) is 0 Å². The van der Waals surface area contributed by atoms with E-state index in [9.17, 15) is 0 Å². The number of aryl methyl sites for hydroxylation is 1. The topological polar surface area (TPSA) is 42.1 Å². The molecular weight excluding hydrogens is 254 g/mol. The number of nitrogen functional groups attached to an aromatic ring is 1. The van der Waals surface area contributed by atoms with Crippen LogP contribution in [0.2, 0.25) is 0 Å². The van der Waals surface area contributed by atoms with E-state index in [0.717, 1.165) is 30.5 Å². The molecule has 0 atom stereocenters. The zero-order valence-corrected chi connectivity index (χ0v) is 12.0. The van der Waals surface area contributed by atoms with Crippen LogP contribution in [-0.2, 0) is 13.1 Å². The third-order valence-electron chi connectivity index (χ3n) is 3.43. The lowest BCUT2D eigenvalue weighted by Crippen LogP contribution is -2.25. The van der Waals surface area contributed by atoms with E-state index in [1.165, 1.54) is 23.4 Å². The molecule has 1 saturated carbocycles. The van der Waals surface area contributed by atoms with Gasteiger partial charge in [-0.05, 0) is 37.5 Å². The molecule has 0 amide bonds. The van der Waals surface area contributed by atoms with Gasteiger partial charge in [0, 0.05) is 29.3 Å². The Morgan fingerprint density at radius 2 is 2.00 bits per heavy atom. The van der Waals surface area contributed by atoms with Crippen LogP contribution < -0.4 is 5.73 Å². The maximum absolute atomic E-state index is 5.73. The zero-order chi connectivity index (χ0) is 13.2. The summed E-state index contributed by atoms with van der Waals surface area (Å²) < 4.78 is 0. The number of hydrogen-bond acceptors (Lipinski definition) is 4. The molecule has 3 nitrogen and oxygen atoms in total. The molecule has 3 rings (SSSR count). The average Bonchev–Trinajstić information content (AvgIpc) is 3.16. The highest BCUT2D eigenvalue weighted by molar-refractivity contribution is 7.09. The van der Waals surface area contributed by atoms with Crippen LogP contribution in [0.4, 0.5) is 5.69 Å². The van der Waals surface area contributed by atoms with Crippen LogP contribution in [-0.4, -0.2) is 15.9 Å². The standard InChI is InChI=1S/C15H19N3S/c1-11-10-19-15(17-11)9-18(14-6-7-14)8-12-2-4-13(16)5-3-12/h2-5,10,14H,6-9,16H2,1H3. The Morgan fingerprint density at radius 1 is 1.26 bits per heavy atom. The van der Waals surface area contributed by atoms with Gasteiger partial charge in [0.15, 0.2) is 0 Å². The number of benzene rings is 1. The van der Waals surface area contributed by atoms with Gasteiger partial charge in [-0.25, -0.2) is 4.98 Å². The molecule has 100 valence electrons. The minimum absolute atomic E-state index is 0.738. The Balaban J connectivity index is 1.69. The van der Waals surface area contributed by atoms with Gasteiger partial charge < -0.3 is 5.73 Å². The number of aromatic nitrogens is 1. The lowest BCUT2D eigenvalue weighted by Gasteiger charge is -2.20. The van der Waals surface area contributed by atoms with Gasteiger partial charge in [0.1, 0.15) is 5.01 Å². The predicted molar refractivity (Wildman–Crippen MR) is 80.0 cm³/mol. The minimum atomic E-state index is 0.738. The summed E-state index contributed by atoms with van der Waals surface area (Å²) in [6.45, 7) is 4.01. The molecule has 1 aromatic carbocycles. The molecule has 1 heterocycles. The fraction of sp³-hybridized carbons (Fsp3) is 0.400. The fourth-order valence-corrected chi connectivity index (χ4v) is 3.06. The highest BCUT2D eigenvalue weighted by Gasteiger charge is 2.29. The van der Waals surface area contributed by atoms with E-state index < -0.39 is 0 Å². The summed E-state index contributed by atoms with van der Waals surface area (Å²) in [5, 5.41) is 3.35. The van der Waals surface area contributed by atoms with Gasteiger partial charge in [-0.15, -0.1) is 11.3 Å². The number of nitrogens with two attached hydrogens (primary N) is 1. The largest absolute Gasteiger partial charge is 0.399 e. The van der Waals surface area contributed by atoms with Crippen LogP contribution in [0.1, 0.15) is 29.1 Å². The van der Waals surface area contributed by atoms with Crippen molar-refractivity contribution in [2.24, 2.45) is 0 Å². The van der Waals surface area contributed by atoms with E-state index in [1.54, 1.807) is 11.3 Å².